The van der Waals surface area contributed by atoms with Crippen molar-refractivity contribution >= 4 is 23.1 Å². The molecule has 3 aromatic heterocycles. The van der Waals surface area contributed by atoms with Crippen LogP contribution in [0.2, 0.25) is 0 Å². The van der Waals surface area contributed by atoms with E-state index in [-0.39, 0.29) is 22.7 Å². The van der Waals surface area contributed by atoms with Crippen molar-refractivity contribution in [1.29, 1.82) is 0 Å². The van der Waals surface area contributed by atoms with Gasteiger partial charge in [-0.25, -0.2) is 18.3 Å². The minimum Gasteiger partial charge on any atom is -0.384 e. The Morgan fingerprint density at radius 3 is 2.95 bits per heavy atom. The molecule has 0 aliphatic carbocycles. The zero-order valence-corrected chi connectivity index (χ0v) is 11.4. The van der Waals surface area contributed by atoms with Crippen LogP contribution in [-0.4, -0.2) is 30.3 Å². The average molecular weight is 307 g/mol. The zero-order valence-electron chi connectivity index (χ0n) is 11.4. The fourth-order valence-corrected chi connectivity index (χ4v) is 2.00. The summed E-state index contributed by atoms with van der Waals surface area (Å²) in [6, 6.07) is 1.53. The molecule has 0 aliphatic heterocycles. The highest BCUT2D eigenvalue weighted by atomic mass is 19.3. The fourth-order valence-electron chi connectivity index (χ4n) is 2.00. The molecule has 3 aromatic rings. The molecule has 0 spiro atoms. The summed E-state index contributed by atoms with van der Waals surface area (Å²) in [5.74, 6) is -0.403. The van der Waals surface area contributed by atoms with Gasteiger partial charge in [-0.05, 0) is 6.07 Å². The molecule has 0 fully saturated rings. The highest BCUT2D eigenvalue weighted by molar-refractivity contribution is 6.08. The first-order valence-electron chi connectivity index (χ1n) is 6.18. The van der Waals surface area contributed by atoms with Crippen LogP contribution in [0.25, 0.3) is 5.65 Å². The number of carbonyl (C=O) groups excluding carboxylic acids is 1. The van der Waals surface area contributed by atoms with Crippen LogP contribution in [0.4, 0.5) is 20.3 Å². The lowest BCUT2D eigenvalue weighted by atomic mass is 10.3. The molecule has 0 saturated carbocycles. The number of aryl methyl sites for hydroxylation is 1. The Morgan fingerprint density at radius 2 is 2.23 bits per heavy atom. The van der Waals surface area contributed by atoms with Gasteiger partial charge >= 0.3 is 0 Å². The van der Waals surface area contributed by atoms with Gasteiger partial charge in [0.25, 0.3) is 12.3 Å². The Hall–Kier alpha value is -3.04. The molecule has 3 rings (SSSR count). The van der Waals surface area contributed by atoms with E-state index in [9.17, 15) is 13.6 Å². The van der Waals surface area contributed by atoms with E-state index in [1.165, 1.54) is 34.7 Å². The van der Waals surface area contributed by atoms with Gasteiger partial charge in [0.1, 0.15) is 11.4 Å². The Balaban J connectivity index is 1.95. The number of anilines is 2. The van der Waals surface area contributed by atoms with Crippen LogP contribution in [0.5, 0.6) is 0 Å². The number of nitrogens with two attached hydrogens (primary N) is 1. The first-order chi connectivity index (χ1) is 10.5. The Bertz CT molecular complexity index is 854. The van der Waals surface area contributed by atoms with Gasteiger partial charge in [0.15, 0.2) is 11.3 Å². The fraction of sp³-hybridized carbons (Fsp3) is 0.167. The summed E-state index contributed by atoms with van der Waals surface area (Å²) in [5, 5.41) is 9.96. The highest BCUT2D eigenvalue weighted by Crippen LogP contribution is 2.25. The van der Waals surface area contributed by atoms with Gasteiger partial charge < -0.3 is 11.1 Å². The first kappa shape index (κ1) is 13.9. The number of nitrogens with one attached hydrogen (secondary N) is 1. The van der Waals surface area contributed by atoms with E-state index in [1.54, 1.807) is 6.20 Å². The Morgan fingerprint density at radius 1 is 1.45 bits per heavy atom. The number of alkyl halides is 2. The number of fused-ring (bicyclic) bond motifs is 1. The molecule has 3 heterocycles. The second kappa shape index (κ2) is 5.06. The van der Waals surface area contributed by atoms with E-state index in [0.717, 1.165) is 0 Å². The molecule has 0 bridgehead atoms. The molecule has 22 heavy (non-hydrogen) atoms. The maximum atomic E-state index is 12.9. The van der Waals surface area contributed by atoms with Crippen molar-refractivity contribution in [3.05, 3.63) is 35.9 Å². The standard InChI is InChI=1S/C12H11F2N7O/c1-20-5-7(9(19-20)10(13)14)17-12(22)6-4-16-21-3-2-8(15)18-11(6)21/h2-5,10H,1H3,(H2,15,18)(H,17,22). The van der Waals surface area contributed by atoms with Gasteiger partial charge in [0.2, 0.25) is 0 Å². The Labute approximate surface area is 122 Å². The summed E-state index contributed by atoms with van der Waals surface area (Å²) in [6.07, 6.45) is 1.33. The molecule has 1 amide bonds. The smallest absolute Gasteiger partial charge is 0.284 e. The molecule has 0 unspecified atom stereocenters. The van der Waals surface area contributed by atoms with Gasteiger partial charge in [0, 0.05) is 19.4 Å². The van der Waals surface area contributed by atoms with Crippen LogP contribution < -0.4 is 11.1 Å². The van der Waals surface area contributed by atoms with Crippen LogP contribution in [0.15, 0.2) is 24.7 Å². The maximum absolute atomic E-state index is 12.9. The van der Waals surface area contributed by atoms with Crippen LogP contribution in [0.1, 0.15) is 22.5 Å². The number of nitrogen functional groups attached to an aromatic ring is 1. The number of hydrogen-bond donors (Lipinski definition) is 2. The van der Waals surface area contributed by atoms with Gasteiger partial charge in [-0.3, -0.25) is 9.48 Å². The van der Waals surface area contributed by atoms with E-state index in [2.05, 4.69) is 20.5 Å². The second-order valence-corrected chi connectivity index (χ2v) is 4.54. The van der Waals surface area contributed by atoms with Crippen molar-refractivity contribution in [2.45, 2.75) is 6.43 Å². The number of hydrogen-bond acceptors (Lipinski definition) is 5. The number of carbonyl (C=O) groups is 1. The number of halogens is 2. The third-order valence-corrected chi connectivity index (χ3v) is 2.95. The number of aromatic nitrogens is 5. The minimum absolute atomic E-state index is 0.0641. The second-order valence-electron chi connectivity index (χ2n) is 4.54. The normalized spacial score (nSPS) is 11.3. The lowest BCUT2D eigenvalue weighted by molar-refractivity contribution is 0.102. The molecular formula is C12H11F2N7O. The third-order valence-electron chi connectivity index (χ3n) is 2.95. The quantitative estimate of drug-likeness (QED) is 0.757. The molecule has 114 valence electrons. The summed E-state index contributed by atoms with van der Waals surface area (Å²) >= 11 is 0. The molecule has 0 atom stereocenters. The van der Waals surface area contributed by atoms with E-state index < -0.39 is 18.0 Å². The van der Waals surface area contributed by atoms with Crippen molar-refractivity contribution in [1.82, 2.24) is 24.4 Å². The zero-order chi connectivity index (χ0) is 15.9. The largest absolute Gasteiger partial charge is 0.384 e. The summed E-state index contributed by atoms with van der Waals surface area (Å²) in [7, 11) is 1.49. The molecule has 0 saturated heterocycles. The van der Waals surface area contributed by atoms with Gasteiger partial charge in [-0.1, -0.05) is 0 Å². The number of amides is 1. The molecule has 0 aromatic carbocycles. The van der Waals surface area contributed by atoms with Crippen LogP contribution in [-0.2, 0) is 7.05 Å². The summed E-state index contributed by atoms with van der Waals surface area (Å²) < 4.78 is 28.3. The molecule has 0 aliphatic rings. The van der Waals surface area contributed by atoms with Crippen LogP contribution in [0, 0.1) is 0 Å². The van der Waals surface area contributed by atoms with Crippen molar-refractivity contribution in [3.63, 3.8) is 0 Å². The summed E-state index contributed by atoms with van der Waals surface area (Å²) in [6.45, 7) is 0. The molecular weight excluding hydrogens is 296 g/mol. The van der Waals surface area contributed by atoms with E-state index in [0.29, 0.717) is 0 Å². The number of nitrogens with zero attached hydrogens (tertiary/aromatic N) is 5. The topological polar surface area (TPSA) is 103 Å². The van der Waals surface area contributed by atoms with Gasteiger partial charge in [-0.15, -0.1) is 0 Å². The molecule has 3 N–H and O–H groups in total. The van der Waals surface area contributed by atoms with Crippen molar-refractivity contribution in [2.24, 2.45) is 7.05 Å². The van der Waals surface area contributed by atoms with Crippen molar-refractivity contribution in [2.75, 3.05) is 11.1 Å². The van der Waals surface area contributed by atoms with Crippen LogP contribution in [0.3, 0.4) is 0 Å². The lowest BCUT2D eigenvalue weighted by Gasteiger charge is -2.03. The first-order valence-corrected chi connectivity index (χ1v) is 6.18. The third kappa shape index (κ3) is 2.34. The van der Waals surface area contributed by atoms with Gasteiger partial charge in [-0.2, -0.15) is 10.2 Å². The highest BCUT2D eigenvalue weighted by Gasteiger charge is 2.21. The monoisotopic (exact) mass is 307 g/mol. The lowest BCUT2D eigenvalue weighted by Crippen LogP contribution is -2.13. The predicted octanol–water partition coefficient (Wildman–Crippen LogP) is 1.23. The van der Waals surface area contributed by atoms with Crippen LogP contribution >= 0.6 is 0 Å². The van der Waals surface area contributed by atoms with Gasteiger partial charge in [0.05, 0.1) is 11.9 Å². The average Bonchev–Trinajstić information content (AvgIpc) is 3.01. The summed E-state index contributed by atoms with van der Waals surface area (Å²) in [5.41, 5.74) is 5.37. The minimum atomic E-state index is -2.80. The Kier molecular flexibility index (Phi) is 3.20. The van der Waals surface area contributed by atoms with E-state index in [4.69, 9.17) is 5.73 Å². The molecule has 0 radical (unpaired) electrons. The predicted molar refractivity (Wildman–Crippen MR) is 73.5 cm³/mol. The van der Waals surface area contributed by atoms with Crippen molar-refractivity contribution in [3.8, 4) is 0 Å². The van der Waals surface area contributed by atoms with E-state index >= 15 is 0 Å². The number of rotatable bonds is 3. The molecule has 10 heteroatoms. The summed E-state index contributed by atoms with van der Waals surface area (Å²) in [4.78, 5) is 16.3. The molecule has 8 nitrogen and oxygen atoms in total. The van der Waals surface area contributed by atoms with E-state index in [1.807, 2.05) is 0 Å². The maximum Gasteiger partial charge on any atom is 0.284 e. The SMILES string of the molecule is Cn1cc(NC(=O)c2cnn3ccc(N)nc23)c(C(F)F)n1. The van der Waals surface area contributed by atoms with Crippen molar-refractivity contribution < 1.29 is 13.6 Å².